The molecule has 2 heterocycles. The van der Waals surface area contributed by atoms with Gasteiger partial charge in [-0.1, -0.05) is 23.8 Å². The molecule has 3 rings (SSSR count). The van der Waals surface area contributed by atoms with Gasteiger partial charge in [-0.15, -0.1) is 0 Å². The summed E-state index contributed by atoms with van der Waals surface area (Å²) in [7, 11) is 0. The third-order valence-electron chi connectivity index (χ3n) is 3.87. The van der Waals surface area contributed by atoms with Crippen LogP contribution >= 0.6 is 0 Å². The zero-order valence-electron chi connectivity index (χ0n) is 12.3. The number of carbonyl (C=O) groups is 1. The van der Waals surface area contributed by atoms with E-state index in [0.29, 0.717) is 17.2 Å². The monoisotopic (exact) mass is 283 g/mol. The van der Waals surface area contributed by atoms with E-state index in [1.54, 1.807) is 6.92 Å². The van der Waals surface area contributed by atoms with Crippen LogP contribution in [0.3, 0.4) is 0 Å². The van der Waals surface area contributed by atoms with E-state index < -0.39 is 0 Å². The van der Waals surface area contributed by atoms with Crippen molar-refractivity contribution in [1.82, 2.24) is 9.97 Å². The molecule has 5 nitrogen and oxygen atoms in total. The molecule has 0 unspecified atom stereocenters. The van der Waals surface area contributed by atoms with Crippen LogP contribution in [-0.4, -0.2) is 15.9 Å². The van der Waals surface area contributed by atoms with Crippen molar-refractivity contribution in [3.8, 4) is 0 Å². The summed E-state index contributed by atoms with van der Waals surface area (Å²) in [5.74, 6) is 0.536. The first-order valence-corrected chi connectivity index (χ1v) is 6.93. The van der Waals surface area contributed by atoms with E-state index in [2.05, 4.69) is 21.4 Å². The van der Waals surface area contributed by atoms with Gasteiger partial charge in [-0.05, 0) is 31.9 Å². The van der Waals surface area contributed by atoms with Crippen molar-refractivity contribution < 1.29 is 4.79 Å². The summed E-state index contributed by atoms with van der Waals surface area (Å²) >= 11 is 0. The Morgan fingerprint density at radius 2 is 1.95 bits per heavy atom. The van der Waals surface area contributed by atoms with Gasteiger partial charge in [-0.2, -0.15) is 0 Å². The smallest absolute Gasteiger partial charge is 0.256 e. The summed E-state index contributed by atoms with van der Waals surface area (Å²) in [5.41, 5.74) is 3.62. The van der Waals surface area contributed by atoms with E-state index in [9.17, 15) is 9.59 Å². The van der Waals surface area contributed by atoms with Gasteiger partial charge in [0.1, 0.15) is 11.6 Å². The molecule has 0 radical (unpaired) electrons. The lowest BCUT2D eigenvalue weighted by atomic mass is 9.84. The molecule has 108 valence electrons. The van der Waals surface area contributed by atoms with Gasteiger partial charge in [-0.25, -0.2) is 4.98 Å². The number of amides is 1. The number of carbonyl (C=O) groups excluding carboxylic acids is 1. The molecule has 1 aromatic carbocycles. The Bertz CT molecular complexity index is 793. The second-order valence-electron chi connectivity index (χ2n) is 5.58. The zero-order valence-corrected chi connectivity index (χ0v) is 12.3. The van der Waals surface area contributed by atoms with Gasteiger partial charge in [0.25, 0.3) is 5.56 Å². The number of fused-ring (bicyclic) bond motifs is 1. The normalized spacial score (nSPS) is 17.3. The molecule has 1 aliphatic rings. The fourth-order valence-electron chi connectivity index (χ4n) is 2.97. The quantitative estimate of drug-likeness (QED) is 0.842. The van der Waals surface area contributed by atoms with E-state index in [-0.39, 0.29) is 23.8 Å². The third kappa shape index (κ3) is 2.35. The second kappa shape index (κ2) is 4.84. The Morgan fingerprint density at radius 1 is 1.19 bits per heavy atom. The number of nitrogens with one attached hydrogen (secondary N) is 2. The Kier molecular flexibility index (Phi) is 3.12. The van der Waals surface area contributed by atoms with Crippen LogP contribution in [0.2, 0.25) is 0 Å². The average molecular weight is 283 g/mol. The van der Waals surface area contributed by atoms with Crippen molar-refractivity contribution in [2.24, 2.45) is 0 Å². The molecule has 1 aromatic heterocycles. The van der Waals surface area contributed by atoms with E-state index in [0.717, 1.165) is 16.7 Å². The maximum atomic E-state index is 12.3. The van der Waals surface area contributed by atoms with Crippen LogP contribution in [0.25, 0.3) is 0 Å². The number of aromatic nitrogens is 2. The van der Waals surface area contributed by atoms with Crippen molar-refractivity contribution in [2.45, 2.75) is 33.1 Å². The molecule has 1 atom stereocenters. The summed E-state index contributed by atoms with van der Waals surface area (Å²) in [5, 5.41) is 2.70. The summed E-state index contributed by atoms with van der Waals surface area (Å²) in [4.78, 5) is 31.2. The highest BCUT2D eigenvalue weighted by atomic mass is 16.2. The number of H-pyrrole nitrogens is 1. The van der Waals surface area contributed by atoms with E-state index in [1.165, 1.54) is 0 Å². The van der Waals surface area contributed by atoms with Gasteiger partial charge in [0.05, 0.1) is 5.56 Å². The molecule has 0 saturated heterocycles. The van der Waals surface area contributed by atoms with Crippen LogP contribution in [0.4, 0.5) is 5.82 Å². The predicted octanol–water partition coefficient (Wildman–Crippen LogP) is 2.17. The Morgan fingerprint density at radius 3 is 2.67 bits per heavy atom. The van der Waals surface area contributed by atoms with Crippen LogP contribution in [0.5, 0.6) is 0 Å². The maximum absolute atomic E-state index is 12.3. The lowest BCUT2D eigenvalue weighted by Gasteiger charge is -2.25. The van der Waals surface area contributed by atoms with Gasteiger partial charge in [0.2, 0.25) is 5.91 Å². The standard InChI is InChI=1S/C16H17N3O2/c1-8-4-5-11(9(2)6-8)12-7-13(20)19-15-14(12)16(21)18-10(3)17-15/h4-6,12H,7H2,1-3H3,(H2,17,18,19,20,21)/t12-/m1/s1. The first-order chi connectivity index (χ1) is 9.95. The SMILES string of the molecule is Cc1ccc([C@H]2CC(=O)Nc3nc(C)[nH]c(=O)c32)c(C)c1. The number of rotatable bonds is 1. The largest absolute Gasteiger partial charge is 0.310 e. The first kappa shape index (κ1) is 13.5. The third-order valence-corrected chi connectivity index (χ3v) is 3.87. The number of nitrogens with zero attached hydrogens (tertiary/aromatic N) is 1. The molecule has 2 aromatic rings. The fraction of sp³-hybridized carbons (Fsp3) is 0.312. The minimum absolute atomic E-state index is 0.107. The van der Waals surface area contributed by atoms with Crippen molar-refractivity contribution in [2.75, 3.05) is 5.32 Å². The van der Waals surface area contributed by atoms with E-state index in [1.807, 2.05) is 26.0 Å². The zero-order chi connectivity index (χ0) is 15.1. The molecule has 0 fully saturated rings. The number of hydrogen-bond acceptors (Lipinski definition) is 3. The van der Waals surface area contributed by atoms with Gasteiger partial charge < -0.3 is 10.3 Å². The number of aromatic amines is 1. The molecule has 5 heteroatoms. The van der Waals surface area contributed by atoms with Crippen LogP contribution < -0.4 is 10.9 Å². The first-order valence-electron chi connectivity index (χ1n) is 6.93. The highest BCUT2D eigenvalue weighted by molar-refractivity contribution is 5.94. The molecule has 2 N–H and O–H groups in total. The molecule has 21 heavy (non-hydrogen) atoms. The Labute approximate surface area is 122 Å². The molecule has 0 aliphatic carbocycles. The fourth-order valence-corrected chi connectivity index (χ4v) is 2.97. The van der Waals surface area contributed by atoms with Gasteiger partial charge in [0.15, 0.2) is 0 Å². The minimum atomic E-state index is -0.244. The van der Waals surface area contributed by atoms with Gasteiger partial charge >= 0.3 is 0 Å². The van der Waals surface area contributed by atoms with Crippen molar-refractivity contribution >= 4 is 11.7 Å². The average Bonchev–Trinajstić information content (AvgIpc) is 2.36. The maximum Gasteiger partial charge on any atom is 0.256 e. The van der Waals surface area contributed by atoms with Crippen LogP contribution in [-0.2, 0) is 4.79 Å². The topological polar surface area (TPSA) is 74.8 Å². The minimum Gasteiger partial charge on any atom is -0.310 e. The lowest BCUT2D eigenvalue weighted by Crippen LogP contribution is -2.31. The molecule has 1 amide bonds. The highest BCUT2D eigenvalue weighted by Crippen LogP contribution is 2.35. The number of hydrogen-bond donors (Lipinski definition) is 2. The predicted molar refractivity (Wildman–Crippen MR) is 80.6 cm³/mol. The lowest BCUT2D eigenvalue weighted by molar-refractivity contribution is -0.116. The highest BCUT2D eigenvalue weighted by Gasteiger charge is 2.31. The summed E-state index contributed by atoms with van der Waals surface area (Å²) < 4.78 is 0. The molecule has 0 saturated carbocycles. The summed E-state index contributed by atoms with van der Waals surface area (Å²) in [6.45, 7) is 5.73. The van der Waals surface area contributed by atoms with Crippen molar-refractivity contribution in [3.05, 3.63) is 56.6 Å². The number of anilines is 1. The molecular formula is C16H17N3O2. The van der Waals surface area contributed by atoms with Crippen molar-refractivity contribution in [3.63, 3.8) is 0 Å². The molecular weight excluding hydrogens is 266 g/mol. The van der Waals surface area contributed by atoms with Gasteiger partial charge in [-0.3, -0.25) is 9.59 Å². The number of aryl methyl sites for hydroxylation is 3. The van der Waals surface area contributed by atoms with Gasteiger partial charge in [0, 0.05) is 12.3 Å². The molecule has 1 aliphatic heterocycles. The van der Waals surface area contributed by atoms with E-state index >= 15 is 0 Å². The number of benzene rings is 1. The Balaban J connectivity index is 2.22. The van der Waals surface area contributed by atoms with E-state index in [4.69, 9.17) is 0 Å². The van der Waals surface area contributed by atoms with Crippen molar-refractivity contribution in [1.29, 1.82) is 0 Å². The molecule has 0 bridgehead atoms. The second-order valence-corrected chi connectivity index (χ2v) is 5.58. The Hall–Kier alpha value is -2.43. The summed E-state index contributed by atoms with van der Waals surface area (Å²) in [6, 6.07) is 6.07. The summed E-state index contributed by atoms with van der Waals surface area (Å²) in [6.07, 6.45) is 0.269. The van der Waals surface area contributed by atoms with Crippen LogP contribution in [0.1, 0.15) is 40.4 Å². The van der Waals surface area contributed by atoms with Crippen LogP contribution in [0, 0.1) is 20.8 Å². The van der Waals surface area contributed by atoms with Crippen LogP contribution in [0.15, 0.2) is 23.0 Å². The molecule has 0 spiro atoms.